The predicted octanol–water partition coefficient (Wildman–Crippen LogP) is 0.822. The third kappa shape index (κ3) is 4.37. The van der Waals surface area contributed by atoms with Gasteiger partial charge in [-0.15, -0.1) is 0 Å². The van der Waals surface area contributed by atoms with Crippen LogP contribution in [0.1, 0.15) is 12.5 Å². The Kier molecular flexibility index (Phi) is 5.75. The number of aryl methyl sites for hydroxylation is 1. The smallest absolute Gasteiger partial charge is 0.285 e. The molecule has 3 rings (SSSR count). The molecule has 0 saturated heterocycles. The number of amides is 3. The lowest BCUT2D eigenvalue weighted by molar-refractivity contribution is -0.885. The number of hydrogen-bond donors (Lipinski definition) is 3. The zero-order chi connectivity index (χ0) is 20.3. The monoisotopic (exact) mass is 381 g/mol. The molecule has 0 fully saturated rings. The fraction of sp³-hybridized carbons (Fsp3) is 0.286. The molecule has 7 nitrogen and oxygen atoms in total. The summed E-state index contributed by atoms with van der Waals surface area (Å²) in [5.74, 6) is -0.588. The van der Waals surface area contributed by atoms with Crippen molar-refractivity contribution >= 4 is 34.8 Å². The third-order valence-electron chi connectivity index (χ3n) is 4.92. The summed E-state index contributed by atoms with van der Waals surface area (Å²) in [4.78, 5) is 39.6. The normalized spacial score (nSPS) is 15.2. The van der Waals surface area contributed by atoms with Crippen LogP contribution in [0.15, 0.2) is 48.5 Å². The van der Waals surface area contributed by atoms with Gasteiger partial charge < -0.3 is 15.5 Å². The summed E-state index contributed by atoms with van der Waals surface area (Å²) in [6, 6.07) is 14.3. The molecule has 1 aliphatic rings. The van der Waals surface area contributed by atoms with Gasteiger partial charge in [-0.2, -0.15) is 0 Å². The van der Waals surface area contributed by atoms with Crippen LogP contribution in [-0.4, -0.2) is 43.9 Å². The molecule has 0 aromatic heterocycles. The maximum absolute atomic E-state index is 13.0. The molecule has 0 spiro atoms. The molecule has 0 radical (unpaired) electrons. The highest BCUT2D eigenvalue weighted by molar-refractivity contribution is 6.10. The zero-order valence-electron chi connectivity index (χ0n) is 16.3. The van der Waals surface area contributed by atoms with Crippen molar-refractivity contribution in [3.8, 4) is 0 Å². The Morgan fingerprint density at radius 2 is 1.86 bits per heavy atom. The van der Waals surface area contributed by atoms with Crippen molar-refractivity contribution in [2.24, 2.45) is 0 Å². The maximum Gasteiger partial charge on any atom is 0.285 e. The van der Waals surface area contributed by atoms with Gasteiger partial charge in [0.2, 0.25) is 5.91 Å². The molecule has 0 aliphatic carbocycles. The van der Waals surface area contributed by atoms with E-state index in [1.165, 1.54) is 4.90 Å². The molecule has 2 aromatic carbocycles. The molecule has 28 heavy (non-hydrogen) atoms. The molecule has 7 heteroatoms. The first-order chi connectivity index (χ1) is 13.3. The van der Waals surface area contributed by atoms with Gasteiger partial charge in [-0.3, -0.25) is 19.3 Å². The third-order valence-corrected chi connectivity index (χ3v) is 4.92. The van der Waals surface area contributed by atoms with E-state index >= 15 is 0 Å². The van der Waals surface area contributed by atoms with E-state index in [0.29, 0.717) is 11.4 Å². The van der Waals surface area contributed by atoms with E-state index in [1.54, 1.807) is 26.1 Å². The van der Waals surface area contributed by atoms with Gasteiger partial charge in [0.05, 0.1) is 18.4 Å². The number of anilines is 3. The Labute approximate surface area is 164 Å². The molecule has 1 aliphatic heterocycles. The van der Waals surface area contributed by atoms with Crippen LogP contribution in [0.2, 0.25) is 0 Å². The molecule has 2 atom stereocenters. The number of hydrogen-bond acceptors (Lipinski definition) is 3. The van der Waals surface area contributed by atoms with E-state index in [2.05, 4.69) is 10.6 Å². The lowest BCUT2D eigenvalue weighted by Gasteiger charge is -2.32. The Morgan fingerprint density at radius 1 is 1.18 bits per heavy atom. The van der Waals surface area contributed by atoms with Crippen LogP contribution >= 0.6 is 0 Å². The van der Waals surface area contributed by atoms with E-state index in [0.717, 1.165) is 16.2 Å². The first kappa shape index (κ1) is 19.6. The first-order valence-electron chi connectivity index (χ1n) is 9.24. The van der Waals surface area contributed by atoms with Crippen LogP contribution < -0.4 is 20.4 Å². The molecule has 3 amide bonds. The quantitative estimate of drug-likeness (QED) is 0.717. The number of rotatable bonds is 5. The molecular weight excluding hydrogens is 356 g/mol. The molecule has 1 heterocycles. The number of para-hydroxylation sites is 2. The van der Waals surface area contributed by atoms with E-state index in [-0.39, 0.29) is 30.8 Å². The number of likely N-dealkylation sites (N-methyl/N-ethyl adjacent to an activating group) is 1. The van der Waals surface area contributed by atoms with Crippen LogP contribution in [0.5, 0.6) is 0 Å². The van der Waals surface area contributed by atoms with Gasteiger partial charge in [-0.25, -0.2) is 0 Å². The van der Waals surface area contributed by atoms with Gasteiger partial charge in [-0.1, -0.05) is 29.8 Å². The Bertz CT molecular complexity index is 895. The molecular formula is C21H25N4O3+. The Balaban J connectivity index is 1.65. The number of nitrogens with zero attached hydrogens (tertiary/aromatic N) is 1. The summed E-state index contributed by atoms with van der Waals surface area (Å²) < 4.78 is 0. The number of benzene rings is 2. The fourth-order valence-corrected chi connectivity index (χ4v) is 3.12. The van der Waals surface area contributed by atoms with Crippen molar-refractivity contribution in [3.05, 3.63) is 54.1 Å². The topological polar surface area (TPSA) is 83.0 Å². The Hall–Kier alpha value is -3.19. The summed E-state index contributed by atoms with van der Waals surface area (Å²) >= 11 is 0. The van der Waals surface area contributed by atoms with E-state index < -0.39 is 6.04 Å². The van der Waals surface area contributed by atoms with Crippen LogP contribution in [0, 0.1) is 6.92 Å². The van der Waals surface area contributed by atoms with E-state index in [1.807, 2.05) is 43.3 Å². The van der Waals surface area contributed by atoms with Crippen molar-refractivity contribution in [2.75, 3.05) is 35.7 Å². The van der Waals surface area contributed by atoms with Crippen LogP contribution in [-0.2, 0) is 14.4 Å². The summed E-state index contributed by atoms with van der Waals surface area (Å²) in [7, 11) is 1.80. The number of fused-ring (bicyclic) bond motifs is 1. The number of nitrogens with one attached hydrogen (secondary N) is 3. The standard InChI is InChI=1S/C21H24N4O3/c1-14-8-10-16(11-9-14)22-19(26)12-24(3)15(2)21(28)25-13-20(27)23-17-6-4-5-7-18(17)25/h4-11,15H,12-13H2,1-3H3,(H,22,26)(H,23,27)/p+1/t15-/m0/s1. The highest BCUT2D eigenvalue weighted by Gasteiger charge is 2.33. The highest BCUT2D eigenvalue weighted by Crippen LogP contribution is 2.29. The van der Waals surface area contributed by atoms with Gasteiger partial charge in [0.25, 0.3) is 11.8 Å². The lowest BCUT2D eigenvalue weighted by Crippen LogP contribution is -3.15. The van der Waals surface area contributed by atoms with Crippen molar-refractivity contribution in [3.63, 3.8) is 0 Å². The molecule has 3 N–H and O–H groups in total. The maximum atomic E-state index is 13.0. The second kappa shape index (κ2) is 8.22. The zero-order valence-corrected chi connectivity index (χ0v) is 16.3. The lowest BCUT2D eigenvalue weighted by atomic mass is 10.1. The minimum absolute atomic E-state index is 0.0248. The van der Waals surface area contributed by atoms with Gasteiger partial charge in [0.15, 0.2) is 12.6 Å². The summed E-state index contributed by atoms with van der Waals surface area (Å²) in [6.07, 6.45) is 0. The van der Waals surface area contributed by atoms with Crippen LogP contribution in [0.3, 0.4) is 0 Å². The largest absolute Gasteiger partial charge is 0.323 e. The van der Waals surface area contributed by atoms with Gasteiger partial charge >= 0.3 is 0 Å². The van der Waals surface area contributed by atoms with Crippen LogP contribution in [0.25, 0.3) is 0 Å². The highest BCUT2D eigenvalue weighted by atomic mass is 16.2. The second-order valence-electron chi connectivity index (χ2n) is 7.15. The number of carbonyl (C=O) groups is 3. The molecule has 146 valence electrons. The van der Waals surface area contributed by atoms with Crippen molar-refractivity contribution < 1.29 is 19.3 Å². The molecule has 1 unspecified atom stereocenters. The van der Waals surface area contributed by atoms with Crippen molar-refractivity contribution in [2.45, 2.75) is 19.9 Å². The average Bonchev–Trinajstić information content (AvgIpc) is 2.67. The second-order valence-corrected chi connectivity index (χ2v) is 7.15. The van der Waals surface area contributed by atoms with Crippen molar-refractivity contribution in [1.29, 1.82) is 0 Å². The molecule has 0 saturated carbocycles. The van der Waals surface area contributed by atoms with Gasteiger partial charge in [0.1, 0.15) is 6.54 Å². The summed E-state index contributed by atoms with van der Waals surface area (Å²) in [5, 5.41) is 5.62. The minimum atomic E-state index is -0.484. The van der Waals surface area contributed by atoms with Gasteiger partial charge in [-0.05, 0) is 38.1 Å². The number of quaternary nitrogens is 1. The SMILES string of the molecule is Cc1ccc(NC(=O)C[NH+](C)[C@@H](C)C(=O)N2CC(=O)Nc3ccccc32)cc1. The van der Waals surface area contributed by atoms with Gasteiger partial charge in [0, 0.05) is 5.69 Å². The number of carbonyl (C=O) groups excluding carboxylic acids is 3. The van der Waals surface area contributed by atoms with Crippen LogP contribution in [0.4, 0.5) is 17.1 Å². The average molecular weight is 381 g/mol. The van der Waals surface area contributed by atoms with E-state index in [4.69, 9.17) is 0 Å². The fourth-order valence-electron chi connectivity index (χ4n) is 3.12. The predicted molar refractivity (Wildman–Crippen MR) is 108 cm³/mol. The van der Waals surface area contributed by atoms with E-state index in [9.17, 15) is 14.4 Å². The molecule has 0 bridgehead atoms. The Morgan fingerprint density at radius 3 is 2.57 bits per heavy atom. The molecule has 2 aromatic rings. The van der Waals surface area contributed by atoms with Crippen molar-refractivity contribution in [1.82, 2.24) is 0 Å². The summed E-state index contributed by atoms with van der Waals surface area (Å²) in [5.41, 5.74) is 3.14. The minimum Gasteiger partial charge on any atom is -0.323 e. The summed E-state index contributed by atoms with van der Waals surface area (Å²) in [6.45, 7) is 3.87. The first-order valence-corrected chi connectivity index (χ1v) is 9.24.